The zero-order chi connectivity index (χ0) is 27.0. The van der Waals surface area contributed by atoms with Gasteiger partial charge in [0.25, 0.3) is 0 Å². The maximum absolute atomic E-state index is 14.0. The van der Waals surface area contributed by atoms with Crippen molar-refractivity contribution in [1.82, 2.24) is 4.98 Å². The molecule has 0 amide bonds. The van der Waals surface area contributed by atoms with Crippen molar-refractivity contribution in [1.29, 1.82) is 0 Å². The minimum absolute atomic E-state index is 0.0519. The molecule has 0 bridgehead atoms. The van der Waals surface area contributed by atoms with E-state index in [-0.39, 0.29) is 21.7 Å². The van der Waals surface area contributed by atoms with Gasteiger partial charge in [-0.1, -0.05) is 23.7 Å². The minimum Gasteiger partial charge on any atom is -0.497 e. The first-order chi connectivity index (χ1) is 18.9. The van der Waals surface area contributed by atoms with Crippen LogP contribution in [0.5, 0.6) is 17.2 Å². The van der Waals surface area contributed by atoms with E-state index in [2.05, 4.69) is 9.88 Å². The lowest BCUT2D eigenvalue weighted by Gasteiger charge is -2.36. The number of fused-ring (bicyclic) bond motifs is 1. The molecule has 0 unspecified atom stereocenters. The first kappa shape index (κ1) is 25.4. The number of hydrogen-bond donors (Lipinski definition) is 0. The second-order valence-corrected chi connectivity index (χ2v) is 11.4. The lowest BCUT2D eigenvalue weighted by atomic mass is 10.2. The van der Waals surface area contributed by atoms with Crippen molar-refractivity contribution >= 4 is 33.0 Å². The molecule has 0 N–H and O–H groups in total. The highest BCUT2D eigenvalue weighted by Gasteiger charge is 2.34. The molecule has 1 fully saturated rings. The third-order valence-corrected chi connectivity index (χ3v) is 8.60. The summed E-state index contributed by atoms with van der Waals surface area (Å²) >= 11 is 6.19. The third-order valence-electron chi connectivity index (χ3n) is 6.71. The van der Waals surface area contributed by atoms with Crippen LogP contribution in [0.3, 0.4) is 0 Å². The number of aromatic nitrogens is 1. The molecule has 6 rings (SSSR count). The predicted molar refractivity (Wildman–Crippen MR) is 147 cm³/mol. The van der Waals surface area contributed by atoms with Crippen molar-refractivity contribution < 1.29 is 27.0 Å². The van der Waals surface area contributed by atoms with Crippen molar-refractivity contribution in [2.24, 2.45) is 0 Å². The summed E-state index contributed by atoms with van der Waals surface area (Å²) in [5, 5.41) is 0.522. The molecule has 4 aromatic rings. The molecule has 0 atom stereocenters. The van der Waals surface area contributed by atoms with E-state index >= 15 is 0 Å². The minimum atomic E-state index is -4.07. The average Bonchev–Trinajstić information content (AvgIpc) is 3.44. The molecule has 1 aromatic heterocycles. The number of nitrogens with zero attached hydrogens (tertiary/aromatic N) is 3. The summed E-state index contributed by atoms with van der Waals surface area (Å²) in [4.78, 5) is 8.70. The van der Waals surface area contributed by atoms with Gasteiger partial charge in [-0.25, -0.2) is 8.42 Å². The van der Waals surface area contributed by atoms with E-state index in [1.165, 1.54) is 12.1 Å². The van der Waals surface area contributed by atoms with Gasteiger partial charge in [0.05, 0.1) is 12.0 Å². The van der Waals surface area contributed by atoms with Crippen molar-refractivity contribution in [2.45, 2.75) is 9.92 Å². The molecule has 3 aromatic carbocycles. The Labute approximate surface area is 231 Å². The largest absolute Gasteiger partial charge is 0.497 e. The van der Waals surface area contributed by atoms with Crippen molar-refractivity contribution in [3.05, 3.63) is 71.8 Å². The average molecular weight is 568 g/mol. The van der Waals surface area contributed by atoms with Crippen LogP contribution in [0.2, 0.25) is 5.02 Å². The number of hydrogen-bond acceptors (Lipinski definition) is 9. The number of methoxy groups -OCH3 is 1. The van der Waals surface area contributed by atoms with Crippen LogP contribution >= 0.6 is 11.6 Å². The Balaban J connectivity index is 1.37. The topological polar surface area (TPSA) is 94.3 Å². The molecule has 0 spiro atoms. The van der Waals surface area contributed by atoms with Crippen LogP contribution in [-0.2, 0) is 9.84 Å². The second kappa shape index (κ2) is 10.3. The number of sulfone groups is 1. The number of rotatable bonds is 6. The SMILES string of the molecule is COc1cccc(-c2nc(S(=O)(=O)c3ccc4c(c3)OCCO4)c(N3CCN(c4cccc(Cl)c4)CC3)o2)c1. The summed E-state index contributed by atoms with van der Waals surface area (Å²) in [6, 6.07) is 19.4. The molecule has 1 saturated heterocycles. The summed E-state index contributed by atoms with van der Waals surface area (Å²) in [6.07, 6.45) is 0. The van der Waals surface area contributed by atoms with Gasteiger partial charge < -0.3 is 28.4 Å². The molecule has 0 radical (unpaired) electrons. The zero-order valence-electron chi connectivity index (χ0n) is 21.2. The number of benzene rings is 3. The lowest BCUT2D eigenvalue weighted by molar-refractivity contribution is 0.171. The molecular formula is C28H26ClN3O6S. The Bertz CT molecular complexity index is 1620. The molecule has 39 heavy (non-hydrogen) atoms. The molecule has 9 nitrogen and oxygen atoms in total. The highest BCUT2D eigenvalue weighted by molar-refractivity contribution is 7.91. The van der Waals surface area contributed by atoms with E-state index in [9.17, 15) is 8.42 Å². The van der Waals surface area contributed by atoms with Crippen molar-refractivity contribution in [2.75, 3.05) is 56.3 Å². The van der Waals surface area contributed by atoms with Gasteiger partial charge in [0, 0.05) is 48.5 Å². The van der Waals surface area contributed by atoms with Crippen LogP contribution in [-0.4, -0.2) is 59.9 Å². The van der Waals surface area contributed by atoms with Gasteiger partial charge in [-0.2, -0.15) is 4.98 Å². The van der Waals surface area contributed by atoms with E-state index < -0.39 is 9.84 Å². The summed E-state index contributed by atoms with van der Waals surface area (Å²) in [6.45, 7) is 3.13. The third kappa shape index (κ3) is 4.97. The predicted octanol–water partition coefficient (Wildman–Crippen LogP) is 4.93. The lowest BCUT2D eigenvalue weighted by Crippen LogP contribution is -2.46. The zero-order valence-corrected chi connectivity index (χ0v) is 22.7. The normalized spacial score (nSPS) is 15.3. The first-order valence-corrected chi connectivity index (χ1v) is 14.3. The van der Waals surface area contributed by atoms with Crippen LogP contribution in [0.15, 0.2) is 81.1 Å². The van der Waals surface area contributed by atoms with Crippen LogP contribution in [0.4, 0.5) is 11.6 Å². The van der Waals surface area contributed by atoms with Crippen LogP contribution in [0.25, 0.3) is 11.5 Å². The second-order valence-electron chi connectivity index (χ2n) is 9.12. The Morgan fingerprint density at radius 2 is 1.62 bits per heavy atom. The van der Waals surface area contributed by atoms with Crippen LogP contribution < -0.4 is 24.0 Å². The van der Waals surface area contributed by atoms with Gasteiger partial charge >= 0.3 is 0 Å². The van der Waals surface area contributed by atoms with Crippen LogP contribution in [0.1, 0.15) is 0 Å². The van der Waals surface area contributed by atoms with E-state index in [1.807, 2.05) is 29.2 Å². The maximum Gasteiger partial charge on any atom is 0.236 e. The Morgan fingerprint density at radius 1 is 0.872 bits per heavy atom. The summed E-state index contributed by atoms with van der Waals surface area (Å²) < 4.78 is 50.7. The molecule has 2 aliphatic heterocycles. The van der Waals surface area contributed by atoms with Gasteiger partial charge in [0.1, 0.15) is 19.0 Å². The van der Waals surface area contributed by atoms with E-state index in [0.717, 1.165) is 5.69 Å². The Kier molecular flexibility index (Phi) is 6.74. The quantitative estimate of drug-likeness (QED) is 0.321. The van der Waals surface area contributed by atoms with Gasteiger partial charge in [0.2, 0.25) is 26.6 Å². The van der Waals surface area contributed by atoms with Crippen molar-refractivity contribution in [3.8, 4) is 28.7 Å². The monoisotopic (exact) mass is 567 g/mol. The molecule has 0 aliphatic carbocycles. The standard InChI is InChI=1S/C28H26ClN3O6S/c1-35-22-7-2-4-19(16-22)26-30-27(39(33,34)23-8-9-24-25(18-23)37-15-14-36-24)28(38-26)32-12-10-31(11-13-32)21-6-3-5-20(29)17-21/h2-9,16-18H,10-15H2,1H3. The highest BCUT2D eigenvalue weighted by atomic mass is 35.5. The number of piperazine rings is 1. The summed E-state index contributed by atoms with van der Waals surface area (Å²) in [5.41, 5.74) is 1.62. The van der Waals surface area contributed by atoms with Gasteiger partial charge in [-0.3, -0.25) is 0 Å². The van der Waals surface area contributed by atoms with Gasteiger partial charge in [-0.05, 0) is 48.5 Å². The fourth-order valence-electron chi connectivity index (χ4n) is 4.70. The summed E-state index contributed by atoms with van der Waals surface area (Å²) in [7, 11) is -2.50. The maximum atomic E-state index is 14.0. The molecule has 11 heteroatoms. The fourth-order valence-corrected chi connectivity index (χ4v) is 6.22. The number of halogens is 1. The van der Waals surface area contributed by atoms with E-state index in [4.69, 9.17) is 30.2 Å². The Hall–Kier alpha value is -3.89. The number of anilines is 2. The molecule has 202 valence electrons. The molecule has 0 saturated carbocycles. The Morgan fingerprint density at radius 3 is 2.38 bits per heavy atom. The van der Waals surface area contributed by atoms with E-state index in [0.29, 0.717) is 67.2 Å². The molecule has 3 heterocycles. The van der Waals surface area contributed by atoms with E-state index in [1.54, 1.807) is 37.4 Å². The molecule has 2 aliphatic rings. The number of ether oxygens (including phenoxy) is 3. The highest BCUT2D eigenvalue weighted by Crippen LogP contribution is 2.39. The fraction of sp³-hybridized carbons (Fsp3) is 0.250. The van der Waals surface area contributed by atoms with Crippen LogP contribution in [0, 0.1) is 0 Å². The van der Waals surface area contributed by atoms with Gasteiger partial charge in [0.15, 0.2) is 11.5 Å². The molecular weight excluding hydrogens is 542 g/mol. The van der Waals surface area contributed by atoms with Gasteiger partial charge in [-0.15, -0.1) is 0 Å². The smallest absolute Gasteiger partial charge is 0.236 e. The van der Waals surface area contributed by atoms with Crippen molar-refractivity contribution in [3.63, 3.8) is 0 Å². The number of oxazole rings is 1. The first-order valence-electron chi connectivity index (χ1n) is 12.5. The summed E-state index contributed by atoms with van der Waals surface area (Å²) in [5.74, 6) is 1.90.